The summed E-state index contributed by atoms with van der Waals surface area (Å²) in [5.41, 5.74) is 3.90. The number of nitrogens with zero attached hydrogens (tertiary/aromatic N) is 4. The molecule has 4 rings (SSSR count). The van der Waals surface area contributed by atoms with E-state index in [0.29, 0.717) is 22.2 Å². The Morgan fingerprint density at radius 2 is 2.03 bits per heavy atom. The quantitative estimate of drug-likeness (QED) is 0.463. The first-order chi connectivity index (χ1) is 15.0. The summed E-state index contributed by atoms with van der Waals surface area (Å²) in [7, 11) is 3.37. The average molecular weight is 440 g/mol. The molecule has 2 aromatic heterocycles. The molecular weight excluding hydrogens is 418 g/mol. The third-order valence-electron chi connectivity index (χ3n) is 4.96. The number of methoxy groups -OCH3 is 1. The van der Waals surface area contributed by atoms with E-state index in [0.717, 1.165) is 28.7 Å². The molecule has 2 aromatic carbocycles. The molecule has 4 aromatic rings. The van der Waals surface area contributed by atoms with Crippen LogP contribution >= 0.6 is 11.6 Å². The van der Waals surface area contributed by atoms with Crippen molar-refractivity contribution < 1.29 is 14.3 Å². The topological polar surface area (TPSA) is 83.2 Å². The molecule has 1 amide bonds. The molecule has 0 unspecified atom stereocenters. The normalized spacial score (nSPS) is 11.0. The average Bonchev–Trinajstić information content (AvgIpc) is 3.34. The van der Waals surface area contributed by atoms with Gasteiger partial charge in [-0.05, 0) is 49.4 Å². The van der Waals surface area contributed by atoms with Gasteiger partial charge in [0.15, 0.2) is 0 Å². The lowest BCUT2D eigenvalue weighted by molar-refractivity contribution is 0.152. The molecule has 2 heterocycles. The van der Waals surface area contributed by atoms with E-state index in [1.807, 2.05) is 41.9 Å². The first-order valence-corrected chi connectivity index (χ1v) is 10.1. The van der Waals surface area contributed by atoms with Gasteiger partial charge in [0.25, 0.3) is 0 Å². The molecular formula is C22H22ClN5O3. The molecule has 0 aliphatic heterocycles. The summed E-state index contributed by atoms with van der Waals surface area (Å²) >= 11 is 6.04. The lowest BCUT2D eigenvalue weighted by atomic mass is 10.1. The van der Waals surface area contributed by atoms with E-state index < -0.39 is 6.09 Å². The van der Waals surface area contributed by atoms with Crippen molar-refractivity contribution in [1.29, 1.82) is 0 Å². The van der Waals surface area contributed by atoms with Gasteiger partial charge in [-0.3, -0.25) is 14.7 Å². The number of hydrogen-bond acceptors (Lipinski definition) is 5. The number of carbonyl (C=O) groups is 1. The molecule has 8 nitrogen and oxygen atoms in total. The number of aromatic nitrogens is 4. The maximum Gasteiger partial charge on any atom is 0.412 e. The van der Waals surface area contributed by atoms with Gasteiger partial charge in [-0.15, -0.1) is 0 Å². The molecule has 0 saturated carbocycles. The number of nitrogens with one attached hydrogen (secondary N) is 1. The molecule has 0 spiro atoms. The number of fused-ring (bicyclic) bond motifs is 1. The minimum Gasteiger partial charge on any atom is -0.496 e. The molecule has 160 valence electrons. The number of benzene rings is 2. The summed E-state index contributed by atoms with van der Waals surface area (Å²) < 4.78 is 14.4. The molecule has 0 fully saturated rings. The van der Waals surface area contributed by atoms with Crippen LogP contribution in [0, 0.1) is 0 Å². The highest BCUT2D eigenvalue weighted by Gasteiger charge is 2.14. The van der Waals surface area contributed by atoms with E-state index >= 15 is 0 Å². The van der Waals surface area contributed by atoms with Gasteiger partial charge in [-0.25, -0.2) is 4.79 Å². The Morgan fingerprint density at radius 1 is 1.19 bits per heavy atom. The molecule has 31 heavy (non-hydrogen) atoms. The van der Waals surface area contributed by atoms with Crippen molar-refractivity contribution in [3.8, 4) is 17.0 Å². The molecule has 0 aliphatic rings. The largest absolute Gasteiger partial charge is 0.496 e. The zero-order valence-electron chi connectivity index (χ0n) is 17.4. The van der Waals surface area contributed by atoms with Gasteiger partial charge in [-0.2, -0.15) is 10.2 Å². The zero-order valence-corrected chi connectivity index (χ0v) is 18.2. The van der Waals surface area contributed by atoms with Crippen LogP contribution in [0.4, 0.5) is 10.5 Å². The van der Waals surface area contributed by atoms with Crippen LogP contribution in [-0.4, -0.2) is 32.8 Å². The van der Waals surface area contributed by atoms with E-state index in [1.165, 1.54) is 0 Å². The number of rotatable bonds is 6. The van der Waals surface area contributed by atoms with Gasteiger partial charge >= 0.3 is 6.09 Å². The molecule has 0 saturated heterocycles. The SMILES string of the molecule is CCn1ncc2cc(NC(=O)OCc3cc(-c4ccc(Cl)cc4OC)nn3C)ccc21. The molecule has 1 N–H and O–H groups in total. The second-order valence-corrected chi connectivity index (χ2v) is 7.36. The highest BCUT2D eigenvalue weighted by Crippen LogP contribution is 2.32. The van der Waals surface area contributed by atoms with Crippen LogP contribution in [0.2, 0.25) is 5.02 Å². The van der Waals surface area contributed by atoms with Gasteiger partial charge in [0.05, 0.1) is 30.2 Å². The lowest BCUT2D eigenvalue weighted by Gasteiger charge is -2.07. The lowest BCUT2D eigenvalue weighted by Crippen LogP contribution is -2.14. The van der Waals surface area contributed by atoms with Crippen molar-refractivity contribution >= 4 is 34.3 Å². The number of amides is 1. The van der Waals surface area contributed by atoms with Crippen molar-refractivity contribution in [3.05, 3.63) is 59.4 Å². The number of carbonyl (C=O) groups excluding carboxylic acids is 1. The fourth-order valence-electron chi connectivity index (χ4n) is 3.36. The third-order valence-corrected chi connectivity index (χ3v) is 5.19. The smallest absolute Gasteiger partial charge is 0.412 e. The third kappa shape index (κ3) is 4.34. The Morgan fingerprint density at radius 3 is 2.81 bits per heavy atom. The zero-order chi connectivity index (χ0) is 22.0. The second-order valence-electron chi connectivity index (χ2n) is 6.92. The second kappa shape index (κ2) is 8.69. The number of anilines is 1. The van der Waals surface area contributed by atoms with Gasteiger partial charge in [0.2, 0.25) is 0 Å². The van der Waals surface area contributed by atoms with Gasteiger partial charge in [0, 0.05) is 35.3 Å². The molecule has 9 heteroatoms. The van der Waals surface area contributed by atoms with Crippen LogP contribution in [0.1, 0.15) is 12.6 Å². The van der Waals surface area contributed by atoms with E-state index in [-0.39, 0.29) is 6.61 Å². The van der Waals surface area contributed by atoms with E-state index in [9.17, 15) is 4.79 Å². The van der Waals surface area contributed by atoms with Crippen LogP contribution in [0.5, 0.6) is 5.75 Å². The van der Waals surface area contributed by atoms with Gasteiger partial charge < -0.3 is 9.47 Å². The number of ether oxygens (including phenoxy) is 2. The minimum absolute atomic E-state index is 0.0707. The van der Waals surface area contributed by atoms with Crippen LogP contribution in [0.25, 0.3) is 22.2 Å². The fourth-order valence-corrected chi connectivity index (χ4v) is 3.52. The molecule has 0 atom stereocenters. The van der Waals surface area contributed by atoms with E-state index in [2.05, 4.69) is 15.5 Å². The molecule has 0 radical (unpaired) electrons. The van der Waals surface area contributed by atoms with Crippen LogP contribution in [-0.2, 0) is 24.9 Å². The highest BCUT2D eigenvalue weighted by molar-refractivity contribution is 6.30. The van der Waals surface area contributed by atoms with Crippen LogP contribution < -0.4 is 10.1 Å². The monoisotopic (exact) mass is 439 g/mol. The standard InChI is InChI=1S/C22H22ClN5O3/c1-4-28-20-8-6-16(9-14(20)12-24-28)25-22(29)31-13-17-11-19(26-27(17)2)18-7-5-15(23)10-21(18)30-3/h5-12H,4,13H2,1-3H3,(H,25,29). The summed E-state index contributed by atoms with van der Waals surface area (Å²) in [6.07, 6.45) is 1.23. The number of halogens is 1. The summed E-state index contributed by atoms with van der Waals surface area (Å²) in [5.74, 6) is 0.623. The van der Waals surface area contributed by atoms with E-state index in [4.69, 9.17) is 21.1 Å². The Hall–Kier alpha value is -3.52. The van der Waals surface area contributed by atoms with Crippen molar-refractivity contribution in [2.45, 2.75) is 20.1 Å². The molecule has 0 aliphatic carbocycles. The van der Waals surface area contributed by atoms with Crippen molar-refractivity contribution in [1.82, 2.24) is 19.6 Å². The summed E-state index contributed by atoms with van der Waals surface area (Å²) in [6.45, 7) is 2.89. The summed E-state index contributed by atoms with van der Waals surface area (Å²) in [5, 5.41) is 13.1. The Balaban J connectivity index is 1.43. The van der Waals surface area contributed by atoms with Crippen LogP contribution in [0.3, 0.4) is 0 Å². The Labute approximate surface area is 184 Å². The van der Waals surface area contributed by atoms with Crippen molar-refractivity contribution in [3.63, 3.8) is 0 Å². The van der Waals surface area contributed by atoms with Crippen LogP contribution in [0.15, 0.2) is 48.7 Å². The predicted molar refractivity (Wildman–Crippen MR) is 119 cm³/mol. The van der Waals surface area contributed by atoms with Crippen molar-refractivity contribution in [2.24, 2.45) is 7.05 Å². The maximum atomic E-state index is 12.3. The molecule has 0 bridgehead atoms. The van der Waals surface area contributed by atoms with E-state index in [1.54, 1.807) is 37.2 Å². The maximum absolute atomic E-state index is 12.3. The Bertz CT molecular complexity index is 1250. The first-order valence-electron chi connectivity index (χ1n) is 9.74. The van der Waals surface area contributed by atoms with Gasteiger partial charge in [0.1, 0.15) is 12.4 Å². The predicted octanol–water partition coefficient (Wildman–Crippen LogP) is 4.87. The number of hydrogen-bond donors (Lipinski definition) is 1. The minimum atomic E-state index is -0.547. The first kappa shape index (κ1) is 20.7. The summed E-state index contributed by atoms with van der Waals surface area (Å²) in [4.78, 5) is 12.3. The Kier molecular flexibility index (Phi) is 5.81. The fraction of sp³-hybridized carbons (Fsp3) is 0.227. The van der Waals surface area contributed by atoms with Gasteiger partial charge in [-0.1, -0.05) is 11.6 Å². The summed E-state index contributed by atoms with van der Waals surface area (Å²) in [6, 6.07) is 12.8. The van der Waals surface area contributed by atoms with Crippen molar-refractivity contribution in [2.75, 3.05) is 12.4 Å². The number of aryl methyl sites for hydroxylation is 2. The highest BCUT2D eigenvalue weighted by atomic mass is 35.5.